The molecule has 2 aromatic heterocycles. The van der Waals surface area contributed by atoms with E-state index in [2.05, 4.69) is 52.2 Å². The van der Waals surface area contributed by atoms with Crippen molar-refractivity contribution in [2.24, 2.45) is 0 Å². The first-order chi connectivity index (χ1) is 14.3. The molecule has 0 amide bonds. The summed E-state index contributed by atoms with van der Waals surface area (Å²) in [6.07, 6.45) is 2.24. The minimum Gasteiger partial charge on any atom is -0.361 e. The third-order valence-corrected chi connectivity index (χ3v) is 6.22. The van der Waals surface area contributed by atoms with E-state index in [9.17, 15) is 4.79 Å². The Bertz CT molecular complexity index is 883. The molecule has 1 N–H and O–H groups in total. The van der Waals surface area contributed by atoms with E-state index in [0.717, 1.165) is 0 Å². The maximum absolute atomic E-state index is 11.9. The number of ether oxygens (including phenoxy) is 1. The lowest BCUT2D eigenvalue weighted by Crippen LogP contribution is -2.33. The first-order valence-corrected chi connectivity index (χ1v) is 11.1. The van der Waals surface area contributed by atoms with Crippen molar-refractivity contribution in [3.05, 3.63) is 33.9 Å². The smallest absolute Gasteiger partial charge is 0.279 e. The second-order valence-electron chi connectivity index (χ2n) is 7.28. The average molecular weight is 438 g/mol. The summed E-state index contributed by atoms with van der Waals surface area (Å²) >= 11 is 0. The Kier molecular flexibility index (Phi) is 9.82. The van der Waals surface area contributed by atoms with Gasteiger partial charge in [-0.25, -0.2) is 21.2 Å². The van der Waals surface area contributed by atoms with Crippen molar-refractivity contribution in [2.45, 2.75) is 59.9 Å². The van der Waals surface area contributed by atoms with Gasteiger partial charge in [-0.3, -0.25) is 9.36 Å². The summed E-state index contributed by atoms with van der Waals surface area (Å²) in [5, 5.41) is 0. The molecule has 0 bridgehead atoms. The van der Waals surface area contributed by atoms with Crippen molar-refractivity contribution in [3.63, 3.8) is 0 Å². The van der Waals surface area contributed by atoms with Gasteiger partial charge in [0, 0.05) is 12.1 Å². The highest BCUT2D eigenvalue weighted by atomic mass is 31.2. The number of imidazole rings is 1. The first-order valence-electron chi connectivity index (χ1n) is 10.0. The number of rotatable bonds is 13. The van der Waals surface area contributed by atoms with Gasteiger partial charge in [0.25, 0.3) is 14.1 Å². The summed E-state index contributed by atoms with van der Waals surface area (Å²) < 4.78 is 21.5. The molecule has 0 saturated heterocycles. The number of nitrogens with one attached hydrogen (secondary N) is 1. The zero-order valence-electron chi connectivity index (χ0n) is 18.3. The summed E-state index contributed by atoms with van der Waals surface area (Å²) in [4.78, 5) is 26.3. The largest absolute Gasteiger partial charge is 0.361 e. The fraction of sp³-hybridized carbons (Fsp3) is 0.684. The highest BCUT2D eigenvalue weighted by Crippen LogP contribution is 2.45. The van der Waals surface area contributed by atoms with Crippen LogP contribution >= 0.6 is 8.53 Å². The molecule has 0 aliphatic rings. The van der Waals surface area contributed by atoms with E-state index < -0.39 is 8.53 Å². The van der Waals surface area contributed by atoms with Gasteiger partial charge < -0.3 is 23.6 Å². The minimum absolute atomic E-state index is 0.254. The van der Waals surface area contributed by atoms with Crippen LogP contribution in [0.15, 0.2) is 11.1 Å². The summed E-state index contributed by atoms with van der Waals surface area (Å²) in [5.74, 6) is 0.536. The molecule has 30 heavy (non-hydrogen) atoms. The fourth-order valence-electron chi connectivity index (χ4n) is 2.93. The summed E-state index contributed by atoms with van der Waals surface area (Å²) in [7, 11) is -1.23. The van der Waals surface area contributed by atoms with Gasteiger partial charge in [-0.05, 0) is 41.0 Å². The van der Waals surface area contributed by atoms with Gasteiger partial charge in [0.15, 0.2) is 11.2 Å². The second kappa shape index (κ2) is 12.1. The number of hydrogen-bond donors (Lipinski definition) is 1. The molecule has 0 radical (unpaired) electrons. The maximum Gasteiger partial charge on any atom is 0.279 e. The molecule has 0 aliphatic heterocycles. The maximum atomic E-state index is 11.9. The third-order valence-electron chi connectivity index (χ3n) is 4.11. The number of aryl methyl sites for hydroxylation is 1. The fourth-order valence-corrected chi connectivity index (χ4v) is 4.55. The normalized spacial score (nSPS) is 12.9. The lowest BCUT2D eigenvalue weighted by molar-refractivity contribution is 0.0673. The van der Waals surface area contributed by atoms with Crippen LogP contribution in [-0.2, 0) is 20.5 Å². The molecule has 0 aliphatic carbocycles. The van der Waals surface area contributed by atoms with Crippen LogP contribution in [0.2, 0.25) is 0 Å². The van der Waals surface area contributed by atoms with Gasteiger partial charge in [0.05, 0.1) is 19.5 Å². The average Bonchev–Trinajstić information content (AvgIpc) is 3.07. The number of aromatic nitrogens is 4. The molecular formula is C19H31N6O4P. The molecule has 0 aromatic carbocycles. The van der Waals surface area contributed by atoms with Crippen LogP contribution in [0.4, 0.5) is 0 Å². The first kappa shape index (κ1) is 24.4. The minimum atomic E-state index is -1.23. The molecule has 2 aromatic rings. The van der Waals surface area contributed by atoms with E-state index in [0.29, 0.717) is 49.8 Å². The van der Waals surface area contributed by atoms with E-state index >= 15 is 0 Å². The molecule has 0 spiro atoms. The Morgan fingerprint density at radius 2 is 1.93 bits per heavy atom. The van der Waals surface area contributed by atoms with Gasteiger partial charge in [0.2, 0.25) is 6.54 Å². The molecule has 1 atom stereocenters. The molecule has 0 saturated carbocycles. The highest BCUT2D eigenvalue weighted by Gasteiger charge is 2.27. The van der Waals surface area contributed by atoms with Crippen LogP contribution < -0.4 is 5.56 Å². The molecular weight excluding hydrogens is 407 g/mol. The van der Waals surface area contributed by atoms with Gasteiger partial charge >= 0.3 is 0 Å². The number of fused-ring (bicyclic) bond motifs is 1. The standard InChI is InChI=1S/C19H31N6O4P/c1-14(2)25(15(3)4)30(29-11-8-20-6)28-10-7-9-27-13-24-12-21-17-18(24)22-16(5)23-19(17)26/h12,14-15H,7-11,13H2,1-5H3,(H,22,23,26). The van der Waals surface area contributed by atoms with Crippen molar-refractivity contribution in [2.75, 3.05) is 26.4 Å². The van der Waals surface area contributed by atoms with Gasteiger partial charge in [0.1, 0.15) is 19.2 Å². The van der Waals surface area contributed by atoms with Crippen molar-refractivity contribution in [1.29, 1.82) is 0 Å². The predicted molar refractivity (Wildman–Crippen MR) is 116 cm³/mol. The zero-order chi connectivity index (χ0) is 22.1. The number of aromatic amines is 1. The van der Waals surface area contributed by atoms with Gasteiger partial charge in [-0.15, -0.1) is 0 Å². The molecule has 0 fully saturated rings. The lowest BCUT2D eigenvalue weighted by Gasteiger charge is -2.35. The Labute approximate surface area is 178 Å². The van der Waals surface area contributed by atoms with Crippen LogP contribution in [0.1, 0.15) is 39.9 Å². The predicted octanol–water partition coefficient (Wildman–Crippen LogP) is 3.09. The van der Waals surface area contributed by atoms with Crippen molar-refractivity contribution in [1.82, 2.24) is 24.2 Å². The molecule has 10 nitrogen and oxygen atoms in total. The molecule has 2 heterocycles. The Morgan fingerprint density at radius 3 is 2.60 bits per heavy atom. The zero-order valence-corrected chi connectivity index (χ0v) is 19.2. The van der Waals surface area contributed by atoms with E-state index in [1.807, 2.05) is 0 Å². The van der Waals surface area contributed by atoms with Crippen molar-refractivity contribution >= 4 is 19.7 Å². The topological polar surface area (TPSA) is 98.9 Å². The number of nitrogens with zero attached hydrogens (tertiary/aromatic N) is 5. The second-order valence-corrected chi connectivity index (χ2v) is 8.74. The monoisotopic (exact) mass is 438 g/mol. The van der Waals surface area contributed by atoms with Crippen LogP contribution in [0.25, 0.3) is 16.0 Å². The van der Waals surface area contributed by atoms with Crippen LogP contribution in [0, 0.1) is 13.5 Å². The number of H-pyrrole nitrogens is 1. The lowest BCUT2D eigenvalue weighted by atomic mass is 10.3. The quantitative estimate of drug-likeness (QED) is 0.291. The Hall–Kier alpha value is -1.89. The molecule has 2 rings (SSSR count). The number of hydrogen-bond acceptors (Lipinski definition) is 7. The Morgan fingerprint density at radius 1 is 1.23 bits per heavy atom. The van der Waals surface area contributed by atoms with Gasteiger partial charge in [-0.1, -0.05) is 0 Å². The third kappa shape index (κ3) is 6.83. The van der Waals surface area contributed by atoms with Gasteiger partial charge in [-0.2, -0.15) is 0 Å². The molecule has 11 heteroatoms. The van der Waals surface area contributed by atoms with Crippen molar-refractivity contribution < 1.29 is 13.8 Å². The highest BCUT2D eigenvalue weighted by molar-refractivity contribution is 7.44. The van der Waals surface area contributed by atoms with E-state index in [4.69, 9.17) is 20.4 Å². The molecule has 1 unspecified atom stereocenters. The summed E-state index contributed by atoms with van der Waals surface area (Å²) in [5.41, 5.74) is 0.557. The van der Waals surface area contributed by atoms with Crippen molar-refractivity contribution in [3.8, 4) is 0 Å². The van der Waals surface area contributed by atoms with Crippen LogP contribution in [-0.4, -0.2) is 62.6 Å². The van der Waals surface area contributed by atoms with E-state index in [1.54, 1.807) is 17.8 Å². The SMILES string of the molecule is [C-]#[N+]CCOP(OCCCOCn1cnc2c(=O)[nH]c(C)nc21)N(C(C)C)C(C)C. The summed E-state index contributed by atoms with van der Waals surface area (Å²) in [6.45, 7) is 19.0. The summed E-state index contributed by atoms with van der Waals surface area (Å²) in [6, 6.07) is 0.544. The Balaban J connectivity index is 1.82. The van der Waals surface area contributed by atoms with Crippen LogP contribution in [0.5, 0.6) is 0 Å². The molecule has 166 valence electrons. The van der Waals surface area contributed by atoms with E-state index in [-0.39, 0.29) is 24.4 Å². The van der Waals surface area contributed by atoms with E-state index in [1.165, 1.54) is 0 Å². The van der Waals surface area contributed by atoms with Crippen LogP contribution in [0.3, 0.4) is 0 Å².